The zero-order chi connectivity index (χ0) is 14.4. The number of anilines is 1. The SMILES string of the molecule is N#Cc1ccnc(NCCOC2CCCC2)c1[N+](=O)[O-]. The molecule has 0 spiro atoms. The molecule has 1 fully saturated rings. The van der Waals surface area contributed by atoms with Crippen molar-refractivity contribution >= 4 is 11.5 Å². The van der Waals surface area contributed by atoms with Gasteiger partial charge in [-0.15, -0.1) is 0 Å². The molecule has 1 saturated carbocycles. The normalized spacial score (nSPS) is 14.9. The molecular weight excluding hydrogens is 260 g/mol. The van der Waals surface area contributed by atoms with Gasteiger partial charge < -0.3 is 10.1 Å². The van der Waals surface area contributed by atoms with Crippen molar-refractivity contribution in [2.45, 2.75) is 31.8 Å². The predicted molar refractivity (Wildman–Crippen MR) is 72.3 cm³/mol. The Balaban J connectivity index is 1.92. The Morgan fingerprint density at radius 1 is 1.55 bits per heavy atom. The van der Waals surface area contributed by atoms with Crippen LogP contribution in [0, 0.1) is 21.4 Å². The Kier molecular flexibility index (Phi) is 4.85. The van der Waals surface area contributed by atoms with Gasteiger partial charge in [0.25, 0.3) is 0 Å². The first-order chi connectivity index (χ1) is 9.72. The third-order valence-electron chi connectivity index (χ3n) is 3.28. The summed E-state index contributed by atoms with van der Waals surface area (Å²) in [4.78, 5) is 14.3. The lowest BCUT2D eigenvalue weighted by atomic mass is 10.2. The van der Waals surface area contributed by atoms with E-state index in [-0.39, 0.29) is 17.1 Å². The Hall–Kier alpha value is -2.20. The van der Waals surface area contributed by atoms with Crippen LogP contribution in [0.3, 0.4) is 0 Å². The highest BCUT2D eigenvalue weighted by Crippen LogP contribution is 2.25. The van der Waals surface area contributed by atoms with E-state index in [1.807, 2.05) is 0 Å². The topological polar surface area (TPSA) is 101 Å². The van der Waals surface area contributed by atoms with Gasteiger partial charge in [0.1, 0.15) is 11.6 Å². The van der Waals surface area contributed by atoms with E-state index in [9.17, 15) is 10.1 Å². The number of hydrogen-bond acceptors (Lipinski definition) is 6. The number of aromatic nitrogens is 1. The molecular formula is C13H16N4O3. The van der Waals surface area contributed by atoms with Crippen LogP contribution in [0.1, 0.15) is 31.2 Å². The van der Waals surface area contributed by atoms with Crippen LogP contribution < -0.4 is 5.32 Å². The van der Waals surface area contributed by atoms with Gasteiger partial charge in [-0.2, -0.15) is 5.26 Å². The Morgan fingerprint density at radius 2 is 2.30 bits per heavy atom. The minimum Gasteiger partial charge on any atom is -0.376 e. The number of nitrogens with one attached hydrogen (secondary N) is 1. The molecule has 0 saturated heterocycles. The molecule has 0 unspecified atom stereocenters. The second-order valence-corrected chi connectivity index (χ2v) is 4.63. The van der Waals surface area contributed by atoms with Crippen molar-refractivity contribution in [1.82, 2.24) is 4.98 Å². The number of rotatable bonds is 6. The number of hydrogen-bond donors (Lipinski definition) is 1. The summed E-state index contributed by atoms with van der Waals surface area (Å²) in [6.07, 6.45) is 6.27. The van der Waals surface area contributed by atoms with E-state index in [0.717, 1.165) is 12.8 Å². The molecule has 1 aromatic rings. The van der Waals surface area contributed by atoms with E-state index in [4.69, 9.17) is 10.00 Å². The maximum Gasteiger partial charge on any atom is 0.328 e. The Bertz CT molecular complexity index is 521. The van der Waals surface area contributed by atoms with Gasteiger partial charge in [-0.25, -0.2) is 4.98 Å². The first kappa shape index (κ1) is 14.2. The molecule has 7 nitrogen and oxygen atoms in total. The van der Waals surface area contributed by atoms with Gasteiger partial charge >= 0.3 is 5.69 Å². The van der Waals surface area contributed by atoms with E-state index in [0.29, 0.717) is 19.3 Å². The standard InChI is InChI=1S/C13H16N4O3/c14-9-10-5-6-15-13(12(10)17(18)19)16-7-8-20-11-3-1-2-4-11/h5-6,11H,1-4,7-8H2,(H,15,16). The molecule has 7 heteroatoms. The molecule has 0 bridgehead atoms. The second-order valence-electron chi connectivity index (χ2n) is 4.63. The van der Waals surface area contributed by atoms with Crippen molar-refractivity contribution in [3.63, 3.8) is 0 Å². The van der Waals surface area contributed by atoms with Crippen molar-refractivity contribution in [1.29, 1.82) is 5.26 Å². The van der Waals surface area contributed by atoms with E-state index in [1.54, 1.807) is 6.07 Å². The third kappa shape index (κ3) is 3.42. The van der Waals surface area contributed by atoms with Crippen molar-refractivity contribution in [2.24, 2.45) is 0 Å². The number of pyridine rings is 1. The molecule has 0 amide bonds. The first-order valence-electron chi connectivity index (χ1n) is 6.61. The fourth-order valence-electron chi connectivity index (χ4n) is 2.31. The van der Waals surface area contributed by atoms with Crippen LogP contribution >= 0.6 is 0 Å². The van der Waals surface area contributed by atoms with E-state index in [1.165, 1.54) is 25.1 Å². The number of ether oxygens (including phenoxy) is 1. The average molecular weight is 276 g/mol. The summed E-state index contributed by atoms with van der Waals surface area (Å²) in [5.74, 6) is 0.115. The number of nitriles is 1. The lowest BCUT2D eigenvalue weighted by molar-refractivity contribution is -0.384. The highest BCUT2D eigenvalue weighted by atomic mass is 16.6. The molecule has 2 rings (SSSR count). The van der Waals surface area contributed by atoms with E-state index >= 15 is 0 Å². The fourth-order valence-corrected chi connectivity index (χ4v) is 2.31. The Labute approximate surface area is 116 Å². The van der Waals surface area contributed by atoms with Gasteiger partial charge in [-0.05, 0) is 18.9 Å². The molecule has 1 N–H and O–H groups in total. The zero-order valence-corrected chi connectivity index (χ0v) is 11.0. The summed E-state index contributed by atoms with van der Waals surface area (Å²) in [5.41, 5.74) is -0.278. The maximum absolute atomic E-state index is 11.0. The smallest absolute Gasteiger partial charge is 0.328 e. The molecule has 0 atom stereocenters. The van der Waals surface area contributed by atoms with Gasteiger partial charge in [0.05, 0.1) is 17.6 Å². The summed E-state index contributed by atoms with van der Waals surface area (Å²) in [7, 11) is 0. The van der Waals surface area contributed by atoms with E-state index < -0.39 is 4.92 Å². The zero-order valence-electron chi connectivity index (χ0n) is 11.0. The summed E-state index contributed by atoms with van der Waals surface area (Å²) < 4.78 is 5.66. The molecule has 20 heavy (non-hydrogen) atoms. The summed E-state index contributed by atoms with van der Waals surface area (Å²) in [6, 6.07) is 3.13. The Morgan fingerprint density at radius 3 is 2.95 bits per heavy atom. The highest BCUT2D eigenvalue weighted by molar-refractivity contribution is 5.63. The van der Waals surface area contributed by atoms with Gasteiger partial charge in [0.15, 0.2) is 0 Å². The second kappa shape index (κ2) is 6.82. The maximum atomic E-state index is 11.0. The monoisotopic (exact) mass is 276 g/mol. The molecule has 0 aromatic carbocycles. The van der Waals surface area contributed by atoms with Crippen LogP contribution in [0.5, 0.6) is 0 Å². The van der Waals surface area contributed by atoms with Crippen LogP contribution in [0.2, 0.25) is 0 Å². The minimum absolute atomic E-state index is 0.00390. The molecule has 1 aliphatic carbocycles. The minimum atomic E-state index is -0.592. The van der Waals surface area contributed by atoms with Crippen LogP contribution in [-0.2, 0) is 4.74 Å². The molecule has 0 aliphatic heterocycles. The van der Waals surface area contributed by atoms with Gasteiger partial charge in [0, 0.05) is 12.7 Å². The van der Waals surface area contributed by atoms with Crippen LogP contribution in [0.25, 0.3) is 0 Å². The van der Waals surface area contributed by atoms with E-state index in [2.05, 4.69) is 10.3 Å². The summed E-state index contributed by atoms with van der Waals surface area (Å²) >= 11 is 0. The first-order valence-corrected chi connectivity index (χ1v) is 6.61. The highest BCUT2D eigenvalue weighted by Gasteiger charge is 2.21. The summed E-state index contributed by atoms with van der Waals surface area (Å²) in [5, 5.41) is 22.7. The van der Waals surface area contributed by atoms with Gasteiger partial charge in [-0.1, -0.05) is 12.8 Å². The molecule has 0 radical (unpaired) electrons. The van der Waals surface area contributed by atoms with Crippen molar-refractivity contribution in [3.8, 4) is 6.07 Å². The van der Waals surface area contributed by atoms with Crippen molar-refractivity contribution in [2.75, 3.05) is 18.5 Å². The lowest BCUT2D eigenvalue weighted by Gasteiger charge is -2.11. The predicted octanol–water partition coefficient (Wildman–Crippen LogP) is 2.23. The van der Waals surface area contributed by atoms with Crippen LogP contribution in [-0.4, -0.2) is 29.2 Å². The van der Waals surface area contributed by atoms with Crippen LogP contribution in [0.15, 0.2) is 12.3 Å². The molecule has 1 aliphatic rings. The summed E-state index contributed by atoms with van der Waals surface area (Å²) in [6.45, 7) is 0.902. The third-order valence-corrected chi connectivity index (χ3v) is 3.28. The van der Waals surface area contributed by atoms with Crippen molar-refractivity contribution < 1.29 is 9.66 Å². The number of nitro groups is 1. The molecule has 1 aromatic heterocycles. The van der Waals surface area contributed by atoms with Gasteiger partial charge in [-0.3, -0.25) is 10.1 Å². The molecule has 106 valence electrons. The largest absolute Gasteiger partial charge is 0.376 e. The molecule has 1 heterocycles. The quantitative estimate of drug-likeness (QED) is 0.485. The lowest BCUT2D eigenvalue weighted by Crippen LogP contribution is -2.16. The van der Waals surface area contributed by atoms with Crippen LogP contribution in [0.4, 0.5) is 11.5 Å². The fraction of sp³-hybridized carbons (Fsp3) is 0.538. The van der Waals surface area contributed by atoms with Gasteiger partial charge in [0.2, 0.25) is 5.82 Å². The van der Waals surface area contributed by atoms with Crippen molar-refractivity contribution in [3.05, 3.63) is 27.9 Å². The number of nitrogens with zero attached hydrogens (tertiary/aromatic N) is 3. The average Bonchev–Trinajstić information content (AvgIpc) is 2.96.